The lowest BCUT2D eigenvalue weighted by Crippen LogP contribution is -2.51. The van der Waals surface area contributed by atoms with Crippen LogP contribution in [0.3, 0.4) is 0 Å². The maximum absolute atomic E-state index is 12.8. The van der Waals surface area contributed by atoms with Crippen LogP contribution in [0.5, 0.6) is 0 Å². The van der Waals surface area contributed by atoms with E-state index in [1.807, 2.05) is 48.5 Å². The predicted octanol–water partition coefficient (Wildman–Crippen LogP) is 2.31. The molecule has 35 heavy (non-hydrogen) atoms. The van der Waals surface area contributed by atoms with E-state index in [1.54, 1.807) is 6.92 Å². The van der Waals surface area contributed by atoms with E-state index in [0.717, 1.165) is 22.3 Å². The van der Waals surface area contributed by atoms with Crippen molar-refractivity contribution < 1.29 is 32.6 Å². The Balaban J connectivity index is 1.41. The summed E-state index contributed by atoms with van der Waals surface area (Å²) < 4.78 is 29.2. The molecule has 3 atom stereocenters. The monoisotopic (exact) mass is 500 g/mol. The molecular formula is C25H28N2O7S. The van der Waals surface area contributed by atoms with E-state index >= 15 is 0 Å². The molecule has 2 aliphatic rings. The second-order valence-corrected chi connectivity index (χ2v) is 11.3. The van der Waals surface area contributed by atoms with Crippen LogP contribution in [0, 0.1) is 5.92 Å². The molecule has 2 aromatic rings. The van der Waals surface area contributed by atoms with Crippen molar-refractivity contribution in [3.63, 3.8) is 0 Å². The van der Waals surface area contributed by atoms with Crippen molar-refractivity contribution in [2.75, 3.05) is 18.1 Å². The van der Waals surface area contributed by atoms with Crippen molar-refractivity contribution in [1.82, 2.24) is 10.6 Å². The van der Waals surface area contributed by atoms with Gasteiger partial charge in [0.1, 0.15) is 12.6 Å². The van der Waals surface area contributed by atoms with E-state index in [1.165, 1.54) is 0 Å². The van der Waals surface area contributed by atoms with Crippen LogP contribution in [0.15, 0.2) is 48.5 Å². The lowest BCUT2D eigenvalue weighted by molar-refractivity contribution is -0.137. The summed E-state index contributed by atoms with van der Waals surface area (Å²) in [7, 11) is -3.25. The Morgan fingerprint density at radius 1 is 1.03 bits per heavy atom. The van der Waals surface area contributed by atoms with Crippen molar-refractivity contribution in [2.24, 2.45) is 5.92 Å². The zero-order chi connectivity index (χ0) is 25.2. The third kappa shape index (κ3) is 5.64. The summed E-state index contributed by atoms with van der Waals surface area (Å²) in [4.78, 5) is 36.5. The maximum atomic E-state index is 12.8. The number of hydrogen-bond donors (Lipinski definition) is 3. The minimum atomic E-state index is -3.25. The Kier molecular flexibility index (Phi) is 7.11. The molecule has 1 heterocycles. The van der Waals surface area contributed by atoms with Crippen molar-refractivity contribution in [1.29, 1.82) is 0 Å². The summed E-state index contributed by atoms with van der Waals surface area (Å²) in [5.41, 5.74) is 4.24. The van der Waals surface area contributed by atoms with Gasteiger partial charge in [-0.05, 0) is 34.6 Å². The smallest absolute Gasteiger partial charge is 0.407 e. The summed E-state index contributed by atoms with van der Waals surface area (Å²) in [6, 6.07) is 14.0. The molecule has 3 N–H and O–H groups in total. The van der Waals surface area contributed by atoms with Crippen molar-refractivity contribution >= 4 is 27.8 Å². The van der Waals surface area contributed by atoms with Crippen molar-refractivity contribution in [3.8, 4) is 11.1 Å². The predicted molar refractivity (Wildman–Crippen MR) is 129 cm³/mol. The highest BCUT2D eigenvalue weighted by molar-refractivity contribution is 7.91. The number of hydrogen-bond acceptors (Lipinski definition) is 6. The Bertz CT molecular complexity index is 1200. The van der Waals surface area contributed by atoms with Crippen molar-refractivity contribution in [2.45, 2.75) is 37.8 Å². The molecule has 0 saturated carbocycles. The number of nitrogens with one attached hydrogen (secondary N) is 2. The molecule has 1 fully saturated rings. The molecule has 0 bridgehead atoms. The normalized spacial score (nSPS) is 20.9. The van der Waals surface area contributed by atoms with Crippen LogP contribution in [0.4, 0.5) is 4.79 Å². The molecule has 0 radical (unpaired) electrons. The highest BCUT2D eigenvalue weighted by atomic mass is 32.2. The number of carbonyl (C=O) groups excluding carboxylic acids is 2. The van der Waals surface area contributed by atoms with E-state index in [2.05, 4.69) is 10.6 Å². The number of benzene rings is 2. The second kappa shape index (κ2) is 10.1. The van der Waals surface area contributed by atoms with Gasteiger partial charge in [0.15, 0.2) is 9.84 Å². The van der Waals surface area contributed by atoms with Gasteiger partial charge >= 0.3 is 12.1 Å². The standard InChI is InChI=1S/C25H28N2O7S/c1-15-13-35(32,33)14-22(15)26-24(30)21(10-11-23(28)29)27-25(31)34-12-20-18-8-4-2-6-16(18)17-7-3-5-9-19(17)20/h2-9,15,20-22H,10-14H2,1H3,(H,26,30)(H,27,31)(H,28,29)/t15-,21?,22+/m1/s1. The number of rotatable bonds is 8. The lowest BCUT2D eigenvalue weighted by atomic mass is 9.98. The van der Waals surface area contributed by atoms with Gasteiger partial charge in [-0.3, -0.25) is 9.59 Å². The number of carboxylic acids is 1. The summed E-state index contributed by atoms with van der Waals surface area (Å²) >= 11 is 0. The van der Waals surface area contributed by atoms with Crippen LogP contribution < -0.4 is 10.6 Å². The molecular weight excluding hydrogens is 472 g/mol. The minimum Gasteiger partial charge on any atom is -0.481 e. The molecule has 0 aromatic heterocycles. The highest BCUT2D eigenvalue weighted by Gasteiger charge is 2.37. The summed E-state index contributed by atoms with van der Waals surface area (Å²) in [6.45, 7) is 1.77. The summed E-state index contributed by atoms with van der Waals surface area (Å²) in [6.07, 6.45) is -1.34. The van der Waals surface area contributed by atoms with Gasteiger partial charge in [0.25, 0.3) is 0 Å². The number of ether oxygens (including phenoxy) is 1. The Hall–Kier alpha value is -3.40. The number of sulfone groups is 1. The highest BCUT2D eigenvalue weighted by Crippen LogP contribution is 2.44. The molecule has 186 valence electrons. The minimum absolute atomic E-state index is 0.0302. The largest absolute Gasteiger partial charge is 0.481 e. The van der Waals surface area contributed by atoms with Gasteiger partial charge in [0.05, 0.1) is 11.5 Å². The molecule has 1 aliphatic carbocycles. The molecule has 1 unspecified atom stereocenters. The van der Waals surface area contributed by atoms with E-state index in [-0.39, 0.29) is 42.8 Å². The Morgan fingerprint density at radius 2 is 1.63 bits per heavy atom. The summed E-state index contributed by atoms with van der Waals surface area (Å²) in [5.74, 6) is -2.40. The molecule has 1 aliphatic heterocycles. The lowest BCUT2D eigenvalue weighted by Gasteiger charge is -2.22. The molecule has 0 spiro atoms. The van der Waals surface area contributed by atoms with Gasteiger partial charge in [-0.1, -0.05) is 55.5 Å². The van der Waals surface area contributed by atoms with Gasteiger partial charge < -0.3 is 20.5 Å². The van der Waals surface area contributed by atoms with Crippen LogP contribution in [-0.4, -0.2) is 61.7 Å². The topological polar surface area (TPSA) is 139 Å². The maximum Gasteiger partial charge on any atom is 0.407 e. The van der Waals surface area contributed by atoms with Gasteiger partial charge in [-0.2, -0.15) is 0 Å². The molecule has 2 aromatic carbocycles. The Labute approximate surface area is 203 Å². The van der Waals surface area contributed by atoms with E-state index in [0.29, 0.717) is 0 Å². The molecule has 1 saturated heterocycles. The first-order chi connectivity index (χ1) is 16.6. The SMILES string of the molecule is C[C@@H]1CS(=O)(=O)C[C@@H]1NC(=O)C(CCC(=O)O)NC(=O)OCC1c2ccccc2-c2ccccc21. The molecule has 4 rings (SSSR count). The second-order valence-electron chi connectivity index (χ2n) is 9.12. The van der Waals surface area contributed by atoms with Gasteiger partial charge in [0, 0.05) is 18.4 Å². The van der Waals surface area contributed by atoms with Gasteiger partial charge in [0.2, 0.25) is 5.91 Å². The zero-order valence-electron chi connectivity index (χ0n) is 19.3. The van der Waals surface area contributed by atoms with Crippen molar-refractivity contribution in [3.05, 3.63) is 59.7 Å². The summed E-state index contributed by atoms with van der Waals surface area (Å²) in [5, 5.41) is 14.2. The van der Waals surface area contributed by atoms with E-state index in [4.69, 9.17) is 9.84 Å². The third-order valence-corrected chi connectivity index (χ3v) is 8.46. The van der Waals surface area contributed by atoms with Crippen LogP contribution in [0.2, 0.25) is 0 Å². The van der Waals surface area contributed by atoms with Gasteiger partial charge in [-0.15, -0.1) is 0 Å². The molecule has 10 heteroatoms. The van der Waals surface area contributed by atoms with E-state index in [9.17, 15) is 22.8 Å². The quantitative estimate of drug-likeness (QED) is 0.505. The van der Waals surface area contributed by atoms with Crippen LogP contribution in [0.25, 0.3) is 11.1 Å². The fourth-order valence-corrected chi connectivity index (χ4v) is 6.94. The first-order valence-electron chi connectivity index (χ1n) is 11.5. The molecule has 9 nitrogen and oxygen atoms in total. The average molecular weight is 501 g/mol. The fraction of sp³-hybridized carbons (Fsp3) is 0.400. The van der Waals surface area contributed by atoms with Crippen LogP contribution in [-0.2, 0) is 24.2 Å². The number of alkyl carbamates (subject to hydrolysis) is 1. The number of aliphatic carboxylic acids is 1. The zero-order valence-corrected chi connectivity index (χ0v) is 20.1. The number of fused-ring (bicyclic) bond motifs is 3. The number of carbonyl (C=O) groups is 3. The van der Waals surface area contributed by atoms with Crippen LogP contribution >= 0.6 is 0 Å². The third-order valence-electron chi connectivity index (χ3n) is 6.56. The van der Waals surface area contributed by atoms with Crippen LogP contribution in [0.1, 0.15) is 36.8 Å². The first-order valence-corrected chi connectivity index (χ1v) is 13.3. The van der Waals surface area contributed by atoms with E-state index < -0.39 is 39.9 Å². The average Bonchev–Trinajstić information content (AvgIpc) is 3.27. The number of carboxylic acid groups (broad SMARTS) is 1. The van der Waals surface area contributed by atoms with Gasteiger partial charge in [-0.25, -0.2) is 13.2 Å². The first kappa shape index (κ1) is 24.7. The fourth-order valence-electron chi connectivity index (χ4n) is 4.81. The molecule has 2 amide bonds. The Morgan fingerprint density at radius 3 is 2.17 bits per heavy atom. The number of amides is 2.